The van der Waals surface area contributed by atoms with E-state index in [0.717, 1.165) is 5.56 Å². The Morgan fingerprint density at radius 1 is 1.58 bits per heavy atom. The first kappa shape index (κ1) is 7.71. The molecule has 1 aromatic heterocycles. The molecule has 1 aliphatic rings. The molecule has 0 saturated carbocycles. The van der Waals surface area contributed by atoms with E-state index < -0.39 is 5.60 Å². The minimum atomic E-state index is -0.650. The molecule has 3 nitrogen and oxygen atoms in total. The molecule has 1 aliphatic heterocycles. The highest BCUT2D eigenvalue weighted by atomic mass is 16.3. The molecule has 1 aromatic rings. The molecule has 0 amide bonds. The number of likely N-dealkylation sites (N-methyl/N-ethyl adjacent to an activating group) is 1. The van der Waals surface area contributed by atoms with Crippen LogP contribution in [0.2, 0.25) is 0 Å². The molecule has 1 saturated heterocycles. The number of likely N-dealkylation sites (tertiary alicyclic amines) is 1. The fraction of sp³-hybridized carbons (Fsp3) is 0.444. The van der Waals surface area contributed by atoms with Crippen LogP contribution in [0.4, 0.5) is 0 Å². The van der Waals surface area contributed by atoms with Crippen molar-refractivity contribution in [2.24, 2.45) is 0 Å². The van der Waals surface area contributed by atoms with Gasteiger partial charge in [0.25, 0.3) is 0 Å². The van der Waals surface area contributed by atoms with Gasteiger partial charge in [0.15, 0.2) is 0 Å². The van der Waals surface area contributed by atoms with E-state index in [-0.39, 0.29) is 0 Å². The highest BCUT2D eigenvalue weighted by Crippen LogP contribution is 2.29. The zero-order valence-electron chi connectivity index (χ0n) is 7.07. The number of pyridine rings is 1. The summed E-state index contributed by atoms with van der Waals surface area (Å²) in [5.41, 5.74) is 0.270. The maximum Gasteiger partial charge on any atom is 0.116 e. The molecule has 1 fully saturated rings. The molecule has 0 unspecified atom stereocenters. The van der Waals surface area contributed by atoms with Crippen LogP contribution in [0.25, 0.3) is 0 Å². The van der Waals surface area contributed by atoms with E-state index in [4.69, 9.17) is 0 Å². The van der Waals surface area contributed by atoms with Gasteiger partial charge in [-0.15, -0.1) is 0 Å². The van der Waals surface area contributed by atoms with Crippen LogP contribution in [-0.4, -0.2) is 35.1 Å². The van der Waals surface area contributed by atoms with Gasteiger partial charge < -0.3 is 5.11 Å². The lowest BCUT2D eigenvalue weighted by Crippen LogP contribution is -2.57. The average Bonchev–Trinajstić information content (AvgIpc) is 2.04. The number of β-amino-alcohol motifs (C(OH)–C–C–N with tert-alkyl or cyclic N) is 1. The van der Waals surface area contributed by atoms with Crippen molar-refractivity contribution in [1.29, 1.82) is 0 Å². The topological polar surface area (TPSA) is 36.4 Å². The monoisotopic (exact) mass is 164 g/mol. The van der Waals surface area contributed by atoms with Crippen LogP contribution in [0.1, 0.15) is 5.56 Å². The van der Waals surface area contributed by atoms with Crippen molar-refractivity contribution in [3.05, 3.63) is 30.1 Å². The zero-order valence-corrected chi connectivity index (χ0v) is 7.07. The second-order valence-corrected chi connectivity index (χ2v) is 3.45. The van der Waals surface area contributed by atoms with Crippen LogP contribution in [0.3, 0.4) is 0 Å². The van der Waals surface area contributed by atoms with Crippen LogP contribution >= 0.6 is 0 Å². The van der Waals surface area contributed by atoms with Crippen molar-refractivity contribution in [3.63, 3.8) is 0 Å². The van der Waals surface area contributed by atoms with Crippen molar-refractivity contribution in [2.45, 2.75) is 5.60 Å². The lowest BCUT2D eigenvalue weighted by Gasteiger charge is -2.44. The molecular weight excluding hydrogens is 152 g/mol. The van der Waals surface area contributed by atoms with Crippen molar-refractivity contribution in [1.82, 2.24) is 9.88 Å². The number of hydrogen-bond donors (Lipinski definition) is 1. The smallest absolute Gasteiger partial charge is 0.116 e. The van der Waals surface area contributed by atoms with E-state index in [0.29, 0.717) is 13.1 Å². The van der Waals surface area contributed by atoms with Crippen molar-refractivity contribution in [3.8, 4) is 0 Å². The summed E-state index contributed by atoms with van der Waals surface area (Å²) in [6.07, 6.45) is 3.45. The summed E-state index contributed by atoms with van der Waals surface area (Å²) in [7, 11) is 1.99. The lowest BCUT2D eigenvalue weighted by atomic mass is 9.88. The molecule has 3 heteroatoms. The third-order valence-electron chi connectivity index (χ3n) is 2.26. The fourth-order valence-electron chi connectivity index (χ4n) is 1.67. The Labute approximate surface area is 71.7 Å². The van der Waals surface area contributed by atoms with Gasteiger partial charge in [-0.1, -0.05) is 6.07 Å². The van der Waals surface area contributed by atoms with Gasteiger partial charge in [0.2, 0.25) is 0 Å². The third-order valence-corrected chi connectivity index (χ3v) is 2.26. The number of aromatic nitrogens is 1. The van der Waals surface area contributed by atoms with Gasteiger partial charge in [0, 0.05) is 31.0 Å². The summed E-state index contributed by atoms with van der Waals surface area (Å²) in [4.78, 5) is 6.06. The fourth-order valence-corrected chi connectivity index (χ4v) is 1.67. The molecule has 0 spiro atoms. The normalized spacial score (nSPS) is 21.8. The largest absolute Gasteiger partial charge is 0.382 e. The van der Waals surface area contributed by atoms with E-state index in [1.54, 1.807) is 12.4 Å². The highest BCUT2D eigenvalue weighted by Gasteiger charge is 2.40. The molecule has 2 rings (SSSR count). The van der Waals surface area contributed by atoms with Gasteiger partial charge in [-0.3, -0.25) is 9.88 Å². The SMILES string of the molecule is CN1CC(O)(c2cccnc2)C1. The Bertz CT molecular complexity index is 267. The standard InChI is InChI=1S/C9H12N2O/c1-11-6-9(12,7-11)8-3-2-4-10-5-8/h2-5,12H,6-7H2,1H3. The van der Waals surface area contributed by atoms with Gasteiger partial charge in [-0.2, -0.15) is 0 Å². The molecule has 12 heavy (non-hydrogen) atoms. The number of hydrogen-bond acceptors (Lipinski definition) is 3. The first-order valence-electron chi connectivity index (χ1n) is 4.02. The summed E-state index contributed by atoms with van der Waals surface area (Å²) in [6, 6.07) is 3.77. The number of rotatable bonds is 1. The lowest BCUT2D eigenvalue weighted by molar-refractivity contribution is -0.0920. The van der Waals surface area contributed by atoms with Crippen LogP contribution in [-0.2, 0) is 5.60 Å². The van der Waals surface area contributed by atoms with Crippen LogP contribution in [0.5, 0.6) is 0 Å². The van der Waals surface area contributed by atoms with Gasteiger partial charge in [-0.25, -0.2) is 0 Å². The number of aliphatic hydroxyl groups is 1. The second kappa shape index (κ2) is 2.54. The first-order valence-corrected chi connectivity index (χ1v) is 4.02. The van der Waals surface area contributed by atoms with E-state index in [9.17, 15) is 5.11 Å². The van der Waals surface area contributed by atoms with Crippen molar-refractivity contribution in [2.75, 3.05) is 20.1 Å². The van der Waals surface area contributed by atoms with E-state index in [1.165, 1.54) is 0 Å². The molecule has 64 valence electrons. The minimum absolute atomic E-state index is 0.650. The Morgan fingerprint density at radius 2 is 2.33 bits per heavy atom. The maximum absolute atomic E-state index is 9.97. The van der Waals surface area contributed by atoms with Crippen molar-refractivity contribution >= 4 is 0 Å². The predicted octanol–water partition coefficient (Wildman–Crippen LogP) is 0.215. The molecule has 2 heterocycles. The molecular formula is C9H12N2O. The second-order valence-electron chi connectivity index (χ2n) is 3.45. The van der Waals surface area contributed by atoms with E-state index in [2.05, 4.69) is 9.88 Å². The molecule has 0 aromatic carbocycles. The van der Waals surface area contributed by atoms with Gasteiger partial charge in [0.1, 0.15) is 5.60 Å². The summed E-state index contributed by atoms with van der Waals surface area (Å²) in [5, 5.41) is 9.97. The summed E-state index contributed by atoms with van der Waals surface area (Å²) in [6.45, 7) is 1.41. The Kier molecular flexibility index (Phi) is 1.63. The highest BCUT2D eigenvalue weighted by molar-refractivity contribution is 5.22. The number of nitrogens with zero attached hydrogens (tertiary/aromatic N) is 2. The van der Waals surface area contributed by atoms with Crippen LogP contribution < -0.4 is 0 Å². The Hall–Kier alpha value is -0.930. The van der Waals surface area contributed by atoms with Gasteiger partial charge in [-0.05, 0) is 13.1 Å². The molecule has 0 aliphatic carbocycles. The van der Waals surface area contributed by atoms with Crippen LogP contribution in [0, 0.1) is 0 Å². The van der Waals surface area contributed by atoms with Crippen LogP contribution in [0.15, 0.2) is 24.5 Å². The average molecular weight is 164 g/mol. The molecule has 0 radical (unpaired) electrons. The van der Waals surface area contributed by atoms with E-state index >= 15 is 0 Å². The van der Waals surface area contributed by atoms with Gasteiger partial charge in [0.05, 0.1) is 0 Å². The van der Waals surface area contributed by atoms with Crippen molar-refractivity contribution < 1.29 is 5.11 Å². The minimum Gasteiger partial charge on any atom is -0.382 e. The summed E-state index contributed by atoms with van der Waals surface area (Å²) >= 11 is 0. The molecule has 1 N–H and O–H groups in total. The van der Waals surface area contributed by atoms with E-state index in [1.807, 2.05) is 19.2 Å². The molecule has 0 bridgehead atoms. The maximum atomic E-state index is 9.97. The third kappa shape index (κ3) is 1.11. The first-order chi connectivity index (χ1) is 5.71. The predicted molar refractivity (Wildman–Crippen MR) is 45.6 cm³/mol. The Morgan fingerprint density at radius 3 is 2.83 bits per heavy atom. The van der Waals surface area contributed by atoms with Gasteiger partial charge >= 0.3 is 0 Å². The quantitative estimate of drug-likeness (QED) is 0.644. The molecule has 0 atom stereocenters. The zero-order chi connectivity index (χ0) is 8.60. The summed E-state index contributed by atoms with van der Waals surface area (Å²) < 4.78 is 0. The Balaban J connectivity index is 2.21. The summed E-state index contributed by atoms with van der Waals surface area (Å²) in [5.74, 6) is 0.